The maximum atomic E-state index is 14.9. The number of benzene rings is 2. The molecule has 0 aliphatic carbocycles. The van der Waals surface area contributed by atoms with E-state index < -0.39 is 26.6 Å². The topological polar surface area (TPSA) is 75.2 Å². The Bertz CT molecular complexity index is 1140. The third-order valence-electron chi connectivity index (χ3n) is 5.51. The van der Waals surface area contributed by atoms with Crippen molar-refractivity contribution in [1.82, 2.24) is 14.3 Å². The van der Waals surface area contributed by atoms with Crippen LogP contribution >= 0.6 is 11.5 Å². The van der Waals surface area contributed by atoms with Gasteiger partial charge in [-0.1, -0.05) is 37.3 Å². The highest BCUT2D eigenvalue weighted by Crippen LogP contribution is 2.35. The van der Waals surface area contributed by atoms with Crippen LogP contribution in [0.3, 0.4) is 0 Å². The first-order chi connectivity index (χ1) is 14.8. The molecule has 1 fully saturated rings. The first-order valence-electron chi connectivity index (χ1n) is 9.90. The number of halogens is 2. The number of aromatic nitrogens is 2. The van der Waals surface area contributed by atoms with Crippen molar-refractivity contribution in [3.63, 3.8) is 0 Å². The van der Waals surface area contributed by atoms with E-state index in [4.69, 9.17) is 0 Å². The van der Waals surface area contributed by atoms with Crippen LogP contribution in [0.5, 0.6) is 0 Å². The molecule has 0 saturated carbocycles. The number of rotatable bonds is 6. The summed E-state index contributed by atoms with van der Waals surface area (Å²) >= 11 is 0.805. The van der Waals surface area contributed by atoms with Crippen molar-refractivity contribution in [1.29, 1.82) is 0 Å². The predicted molar refractivity (Wildman–Crippen MR) is 115 cm³/mol. The second-order valence-electron chi connectivity index (χ2n) is 7.75. The average molecular weight is 465 g/mol. The molecule has 4 rings (SSSR count). The van der Waals surface area contributed by atoms with Crippen LogP contribution in [-0.4, -0.2) is 29.2 Å². The molecule has 3 aromatic rings. The minimum atomic E-state index is -4.32. The second kappa shape index (κ2) is 8.97. The zero-order valence-corrected chi connectivity index (χ0v) is 18.5. The minimum Gasteiger partial charge on any atom is -0.292 e. The van der Waals surface area contributed by atoms with Crippen LogP contribution in [0, 0.1) is 17.6 Å². The van der Waals surface area contributed by atoms with Crippen LogP contribution in [-0.2, 0) is 16.6 Å². The smallest absolute Gasteiger partial charge is 0.266 e. The molecular weight excluding hydrogens is 442 g/mol. The molecule has 1 saturated heterocycles. The summed E-state index contributed by atoms with van der Waals surface area (Å²) in [6, 6.07) is 11.8. The normalized spacial score (nSPS) is 20.0. The molecular formula is C21H22F2N4O2S2. The Morgan fingerprint density at radius 1 is 1.19 bits per heavy atom. The highest BCUT2D eigenvalue weighted by molar-refractivity contribution is 7.93. The van der Waals surface area contributed by atoms with Gasteiger partial charge in [0.05, 0.1) is 0 Å². The van der Waals surface area contributed by atoms with Gasteiger partial charge in [0.15, 0.2) is 0 Å². The van der Waals surface area contributed by atoms with Crippen LogP contribution in [0.2, 0.25) is 0 Å². The van der Waals surface area contributed by atoms with E-state index in [9.17, 15) is 17.2 Å². The quantitative estimate of drug-likeness (QED) is 0.578. The van der Waals surface area contributed by atoms with Gasteiger partial charge in [-0.3, -0.25) is 9.62 Å². The number of nitrogens with one attached hydrogen (secondary N) is 1. The molecule has 10 heteroatoms. The Balaban J connectivity index is 1.59. The lowest BCUT2D eigenvalue weighted by Crippen LogP contribution is -2.36. The molecule has 6 nitrogen and oxygen atoms in total. The van der Waals surface area contributed by atoms with Gasteiger partial charge in [-0.2, -0.15) is 4.37 Å². The lowest BCUT2D eigenvalue weighted by Gasteiger charge is -2.39. The summed E-state index contributed by atoms with van der Waals surface area (Å²) in [5.41, 5.74) is 1.26. The fourth-order valence-corrected chi connectivity index (χ4v) is 5.64. The summed E-state index contributed by atoms with van der Waals surface area (Å²) in [6.45, 7) is 3.14. The van der Waals surface area contributed by atoms with E-state index in [1.807, 2.05) is 30.3 Å². The van der Waals surface area contributed by atoms with Gasteiger partial charge in [-0.05, 0) is 43.0 Å². The first-order valence-corrected chi connectivity index (χ1v) is 12.2. The number of likely N-dealkylation sites (tertiary alicyclic amines) is 1. The first kappa shape index (κ1) is 21.8. The van der Waals surface area contributed by atoms with Crippen molar-refractivity contribution in [2.75, 3.05) is 11.3 Å². The monoisotopic (exact) mass is 464 g/mol. The number of nitrogens with zero attached hydrogens (tertiary/aromatic N) is 3. The molecule has 1 aliphatic rings. The molecule has 2 heterocycles. The van der Waals surface area contributed by atoms with E-state index in [0.717, 1.165) is 48.6 Å². The van der Waals surface area contributed by atoms with Gasteiger partial charge in [0, 0.05) is 29.7 Å². The van der Waals surface area contributed by atoms with Crippen LogP contribution < -0.4 is 4.72 Å². The van der Waals surface area contributed by atoms with Crippen LogP contribution in [0.1, 0.15) is 36.9 Å². The number of sulfonamides is 1. The summed E-state index contributed by atoms with van der Waals surface area (Å²) in [7, 11) is -4.32. The van der Waals surface area contributed by atoms with Crippen molar-refractivity contribution in [2.45, 2.75) is 37.2 Å². The van der Waals surface area contributed by atoms with Crippen molar-refractivity contribution in [3.8, 4) is 0 Å². The Kier molecular flexibility index (Phi) is 6.31. The summed E-state index contributed by atoms with van der Waals surface area (Å²) < 4.78 is 60.4. The standard InChI is InChI=1S/C21H22F2N4O2S2/c1-14-7-8-27(19(9-14)15-5-3-2-4-6-15)12-16-10-18(23)20(11-17(16)22)31(28,29)26-21-24-13-25-30-21/h2-6,10-11,13-14,19H,7-9,12H2,1H3,(H,24,25,26)/t14-,19+/m0/s1. The Morgan fingerprint density at radius 3 is 2.68 bits per heavy atom. The lowest BCUT2D eigenvalue weighted by atomic mass is 9.88. The van der Waals surface area contributed by atoms with E-state index in [2.05, 4.69) is 25.9 Å². The maximum Gasteiger partial charge on any atom is 0.266 e. The molecule has 1 aliphatic heterocycles. The number of anilines is 1. The molecule has 1 aromatic heterocycles. The van der Waals surface area contributed by atoms with Crippen molar-refractivity contribution in [3.05, 3.63) is 71.6 Å². The van der Waals surface area contributed by atoms with Crippen molar-refractivity contribution >= 4 is 26.7 Å². The number of piperidine rings is 1. The Morgan fingerprint density at radius 2 is 1.97 bits per heavy atom. The largest absolute Gasteiger partial charge is 0.292 e. The molecule has 0 radical (unpaired) electrons. The zero-order chi connectivity index (χ0) is 22.0. The average Bonchev–Trinajstić information content (AvgIpc) is 3.24. The third kappa shape index (κ3) is 4.91. The number of hydrogen-bond acceptors (Lipinski definition) is 6. The molecule has 0 spiro atoms. The fraction of sp³-hybridized carbons (Fsp3) is 0.333. The Hall–Kier alpha value is -2.43. The van der Waals surface area contributed by atoms with Crippen LogP contribution in [0.25, 0.3) is 0 Å². The highest BCUT2D eigenvalue weighted by Gasteiger charge is 2.29. The van der Waals surface area contributed by atoms with E-state index in [0.29, 0.717) is 5.92 Å². The van der Waals surface area contributed by atoms with E-state index >= 15 is 0 Å². The fourth-order valence-electron chi connectivity index (χ4n) is 3.91. The molecule has 1 N–H and O–H groups in total. The molecule has 0 bridgehead atoms. The van der Waals surface area contributed by atoms with E-state index in [-0.39, 0.29) is 23.3 Å². The predicted octanol–water partition coefficient (Wildman–Crippen LogP) is 4.59. The summed E-state index contributed by atoms with van der Waals surface area (Å²) in [5, 5.41) is -0.0166. The third-order valence-corrected chi connectivity index (χ3v) is 7.57. The van der Waals surface area contributed by atoms with Gasteiger partial charge in [0.2, 0.25) is 5.13 Å². The maximum absolute atomic E-state index is 14.9. The van der Waals surface area contributed by atoms with Gasteiger partial charge in [-0.15, -0.1) is 0 Å². The molecule has 164 valence electrons. The van der Waals surface area contributed by atoms with E-state index in [1.165, 1.54) is 6.33 Å². The van der Waals surface area contributed by atoms with Gasteiger partial charge < -0.3 is 0 Å². The van der Waals surface area contributed by atoms with E-state index in [1.54, 1.807) is 0 Å². The molecule has 0 unspecified atom stereocenters. The van der Waals surface area contributed by atoms with Crippen molar-refractivity contribution in [2.24, 2.45) is 5.92 Å². The minimum absolute atomic E-state index is 0.0166. The van der Waals surface area contributed by atoms with Crippen LogP contribution in [0.4, 0.5) is 13.9 Å². The van der Waals surface area contributed by atoms with Crippen molar-refractivity contribution < 1.29 is 17.2 Å². The van der Waals surface area contributed by atoms with Gasteiger partial charge in [0.25, 0.3) is 10.0 Å². The van der Waals surface area contributed by atoms with Gasteiger partial charge >= 0.3 is 0 Å². The zero-order valence-electron chi connectivity index (χ0n) is 16.8. The SMILES string of the molecule is C[C@H]1CCN(Cc2cc(F)c(S(=O)(=O)Nc3ncns3)cc2F)[C@@H](c2ccccc2)C1. The summed E-state index contributed by atoms with van der Waals surface area (Å²) in [6.07, 6.45) is 3.06. The molecule has 2 aromatic carbocycles. The number of hydrogen-bond donors (Lipinski definition) is 1. The molecule has 31 heavy (non-hydrogen) atoms. The van der Waals surface area contributed by atoms with Gasteiger partial charge in [0.1, 0.15) is 22.9 Å². The summed E-state index contributed by atoms with van der Waals surface area (Å²) in [5.74, 6) is -1.23. The van der Waals surface area contributed by atoms with Gasteiger partial charge in [-0.25, -0.2) is 22.2 Å². The second-order valence-corrected chi connectivity index (χ2v) is 10.2. The summed E-state index contributed by atoms with van der Waals surface area (Å²) in [4.78, 5) is 5.08. The molecule has 0 amide bonds. The highest BCUT2D eigenvalue weighted by atomic mass is 32.2. The lowest BCUT2D eigenvalue weighted by molar-refractivity contribution is 0.109. The van der Waals surface area contributed by atoms with Crippen LogP contribution in [0.15, 0.2) is 53.7 Å². The Labute approximate surface area is 184 Å². The molecule has 2 atom stereocenters.